The second-order valence-corrected chi connectivity index (χ2v) is 6.40. The molecule has 0 radical (unpaired) electrons. The monoisotopic (exact) mass is 336 g/mol. The fourth-order valence-electron chi connectivity index (χ4n) is 2.05. The molecule has 9 heteroatoms. The van der Waals surface area contributed by atoms with Gasteiger partial charge in [0.2, 0.25) is 6.79 Å². The molecule has 23 heavy (non-hydrogen) atoms. The number of primary amides is 1. The number of aromatic hydroxyl groups is 1. The summed E-state index contributed by atoms with van der Waals surface area (Å²) in [5.74, 6) is -0.371. The number of anilines is 1. The quantitative estimate of drug-likeness (QED) is 0.765. The van der Waals surface area contributed by atoms with Crippen LogP contribution in [0.4, 0.5) is 5.69 Å². The Balaban J connectivity index is 1.93. The van der Waals surface area contributed by atoms with Crippen molar-refractivity contribution in [2.45, 2.75) is 4.90 Å². The van der Waals surface area contributed by atoms with Gasteiger partial charge in [-0.1, -0.05) is 0 Å². The maximum absolute atomic E-state index is 12.4. The molecular weight excluding hydrogens is 324 g/mol. The lowest BCUT2D eigenvalue weighted by molar-refractivity contribution is 0.0997. The highest BCUT2D eigenvalue weighted by Gasteiger charge is 2.20. The zero-order valence-electron chi connectivity index (χ0n) is 11.6. The molecule has 4 N–H and O–H groups in total. The molecule has 0 bridgehead atoms. The van der Waals surface area contributed by atoms with Gasteiger partial charge in [-0.15, -0.1) is 0 Å². The van der Waals surface area contributed by atoms with Gasteiger partial charge in [0.05, 0.1) is 16.1 Å². The van der Waals surface area contributed by atoms with Gasteiger partial charge in [-0.25, -0.2) is 8.42 Å². The van der Waals surface area contributed by atoms with E-state index in [1.807, 2.05) is 0 Å². The second kappa shape index (κ2) is 5.36. The maximum atomic E-state index is 12.4. The lowest BCUT2D eigenvalue weighted by Gasteiger charge is -2.10. The van der Waals surface area contributed by atoms with Crippen LogP contribution in [0.2, 0.25) is 0 Å². The van der Waals surface area contributed by atoms with E-state index in [1.165, 1.54) is 12.1 Å². The number of phenols is 1. The van der Waals surface area contributed by atoms with Crippen molar-refractivity contribution in [3.63, 3.8) is 0 Å². The van der Waals surface area contributed by atoms with Gasteiger partial charge in [-0.3, -0.25) is 9.52 Å². The molecule has 1 aliphatic rings. The van der Waals surface area contributed by atoms with Crippen LogP contribution in [0.1, 0.15) is 10.4 Å². The summed E-state index contributed by atoms with van der Waals surface area (Å²) in [6.45, 7) is 0.0749. The number of fused-ring (bicyclic) bond motifs is 1. The maximum Gasteiger partial charge on any atom is 0.261 e. The molecule has 2 aromatic carbocycles. The number of hydrogen-bond acceptors (Lipinski definition) is 6. The lowest BCUT2D eigenvalue weighted by Crippen LogP contribution is -2.16. The van der Waals surface area contributed by atoms with Gasteiger partial charge in [0, 0.05) is 6.07 Å². The van der Waals surface area contributed by atoms with Crippen molar-refractivity contribution >= 4 is 21.6 Å². The van der Waals surface area contributed by atoms with Crippen LogP contribution in [-0.2, 0) is 10.0 Å². The number of rotatable bonds is 4. The predicted molar refractivity (Wildman–Crippen MR) is 80.0 cm³/mol. The van der Waals surface area contributed by atoms with Crippen LogP contribution in [-0.4, -0.2) is 26.2 Å². The summed E-state index contributed by atoms with van der Waals surface area (Å²) in [5.41, 5.74) is 5.08. The number of ether oxygens (including phenoxy) is 2. The molecule has 0 saturated carbocycles. The number of hydrogen-bond donors (Lipinski definition) is 3. The molecule has 8 nitrogen and oxygen atoms in total. The van der Waals surface area contributed by atoms with Crippen LogP contribution in [0, 0.1) is 0 Å². The Bertz CT molecular complexity index is 894. The summed E-state index contributed by atoms with van der Waals surface area (Å²) in [7, 11) is -3.97. The fraction of sp³-hybridized carbons (Fsp3) is 0.0714. The number of amides is 1. The SMILES string of the molecule is NC(=O)c1cc(S(=O)(=O)Nc2ccc3c(c2)OCO3)ccc1O. The van der Waals surface area contributed by atoms with Gasteiger partial charge in [-0.05, 0) is 30.3 Å². The van der Waals surface area contributed by atoms with Gasteiger partial charge in [0.1, 0.15) is 5.75 Å². The second-order valence-electron chi connectivity index (χ2n) is 4.72. The Labute approximate surface area is 131 Å². The fourth-order valence-corrected chi connectivity index (χ4v) is 3.13. The Kier molecular flexibility index (Phi) is 3.49. The van der Waals surface area contributed by atoms with E-state index in [2.05, 4.69) is 4.72 Å². The summed E-state index contributed by atoms with van der Waals surface area (Å²) in [5, 5.41) is 9.52. The molecule has 1 aliphatic heterocycles. The first-order valence-electron chi connectivity index (χ1n) is 6.42. The molecule has 0 atom stereocenters. The van der Waals surface area contributed by atoms with Crippen molar-refractivity contribution in [2.24, 2.45) is 5.73 Å². The van der Waals surface area contributed by atoms with Crippen molar-refractivity contribution < 1.29 is 27.8 Å². The van der Waals surface area contributed by atoms with E-state index in [0.717, 1.165) is 18.2 Å². The Morgan fingerprint density at radius 1 is 1.13 bits per heavy atom. The average molecular weight is 336 g/mol. The van der Waals surface area contributed by atoms with Gasteiger partial charge < -0.3 is 20.3 Å². The van der Waals surface area contributed by atoms with E-state index in [9.17, 15) is 18.3 Å². The minimum absolute atomic E-state index is 0.0749. The minimum atomic E-state index is -3.97. The molecule has 3 rings (SSSR count). The summed E-state index contributed by atoms with van der Waals surface area (Å²) >= 11 is 0. The average Bonchev–Trinajstić information content (AvgIpc) is 2.94. The summed E-state index contributed by atoms with van der Waals surface area (Å²) in [6.07, 6.45) is 0. The summed E-state index contributed by atoms with van der Waals surface area (Å²) < 4.78 is 37.4. The number of carbonyl (C=O) groups is 1. The number of benzene rings is 2. The largest absolute Gasteiger partial charge is 0.507 e. The third-order valence-corrected chi connectivity index (χ3v) is 4.55. The number of carbonyl (C=O) groups excluding carboxylic acids is 1. The van der Waals surface area contributed by atoms with E-state index < -0.39 is 15.9 Å². The molecular formula is C14H12N2O6S. The Morgan fingerprint density at radius 3 is 2.61 bits per heavy atom. The number of nitrogens with one attached hydrogen (secondary N) is 1. The van der Waals surface area contributed by atoms with Gasteiger partial charge >= 0.3 is 0 Å². The lowest BCUT2D eigenvalue weighted by atomic mass is 10.2. The topological polar surface area (TPSA) is 128 Å². The van der Waals surface area contributed by atoms with E-state index in [-0.39, 0.29) is 28.7 Å². The highest BCUT2D eigenvalue weighted by molar-refractivity contribution is 7.92. The standard InChI is InChI=1S/C14H12N2O6S/c15-14(18)10-6-9(2-3-11(10)17)23(19,20)16-8-1-4-12-13(5-8)22-7-21-12/h1-6,16-17H,7H2,(H2,15,18). The van der Waals surface area contributed by atoms with Crippen LogP contribution in [0.3, 0.4) is 0 Å². The van der Waals surface area contributed by atoms with Crippen molar-refractivity contribution in [1.29, 1.82) is 0 Å². The minimum Gasteiger partial charge on any atom is -0.507 e. The number of sulfonamides is 1. The van der Waals surface area contributed by atoms with Crippen LogP contribution < -0.4 is 19.9 Å². The van der Waals surface area contributed by atoms with Crippen molar-refractivity contribution in [2.75, 3.05) is 11.5 Å². The van der Waals surface area contributed by atoms with E-state index >= 15 is 0 Å². The van der Waals surface area contributed by atoms with Crippen LogP contribution in [0.15, 0.2) is 41.3 Å². The van der Waals surface area contributed by atoms with Crippen molar-refractivity contribution in [1.82, 2.24) is 0 Å². The van der Waals surface area contributed by atoms with Crippen LogP contribution in [0.5, 0.6) is 17.2 Å². The summed E-state index contributed by atoms with van der Waals surface area (Å²) in [6, 6.07) is 7.83. The smallest absolute Gasteiger partial charge is 0.261 e. The zero-order chi connectivity index (χ0) is 16.6. The molecule has 1 heterocycles. The molecule has 0 saturated heterocycles. The Hall–Kier alpha value is -2.94. The van der Waals surface area contributed by atoms with Gasteiger partial charge in [0.25, 0.3) is 15.9 Å². The van der Waals surface area contributed by atoms with E-state index in [0.29, 0.717) is 11.5 Å². The first-order chi connectivity index (χ1) is 10.9. The molecule has 0 spiro atoms. The third kappa shape index (κ3) is 2.86. The first kappa shape index (κ1) is 15.0. The third-order valence-electron chi connectivity index (χ3n) is 3.17. The van der Waals surface area contributed by atoms with Crippen molar-refractivity contribution in [3.05, 3.63) is 42.0 Å². The summed E-state index contributed by atoms with van der Waals surface area (Å²) in [4.78, 5) is 11.0. The van der Waals surface area contributed by atoms with Crippen LogP contribution in [0.25, 0.3) is 0 Å². The zero-order valence-corrected chi connectivity index (χ0v) is 12.5. The van der Waals surface area contributed by atoms with E-state index in [1.54, 1.807) is 6.07 Å². The van der Waals surface area contributed by atoms with Gasteiger partial charge in [0.15, 0.2) is 11.5 Å². The van der Waals surface area contributed by atoms with E-state index in [4.69, 9.17) is 15.2 Å². The molecule has 0 fully saturated rings. The Morgan fingerprint density at radius 2 is 1.87 bits per heavy atom. The predicted octanol–water partition coefficient (Wildman–Crippen LogP) is 1.02. The van der Waals surface area contributed by atoms with Crippen molar-refractivity contribution in [3.8, 4) is 17.2 Å². The molecule has 0 aromatic heterocycles. The first-order valence-corrected chi connectivity index (χ1v) is 7.90. The highest BCUT2D eigenvalue weighted by Crippen LogP contribution is 2.35. The molecule has 120 valence electrons. The molecule has 0 aliphatic carbocycles. The molecule has 2 aromatic rings. The normalized spacial score (nSPS) is 12.9. The number of nitrogens with two attached hydrogens (primary N) is 1. The van der Waals surface area contributed by atoms with Crippen LogP contribution >= 0.6 is 0 Å². The highest BCUT2D eigenvalue weighted by atomic mass is 32.2. The molecule has 1 amide bonds. The van der Waals surface area contributed by atoms with Gasteiger partial charge in [-0.2, -0.15) is 0 Å². The molecule has 0 unspecified atom stereocenters.